The number of phenolic OH excluding ortho intramolecular Hbond substituents is 1. The molecule has 20 heteroatoms. The van der Waals surface area contributed by atoms with Crippen LogP contribution in [-0.4, -0.2) is 66.9 Å². The highest BCUT2D eigenvalue weighted by Gasteiger charge is 2.41. The number of azo groups is 2. The highest BCUT2D eigenvalue weighted by Crippen LogP contribution is 2.43. The number of aliphatic carboxylic acids is 1. The fraction of sp³-hybridized carbons (Fsp3) is 0.107. The first-order chi connectivity index (χ1) is 22.5. The van der Waals surface area contributed by atoms with Gasteiger partial charge in [0.1, 0.15) is 22.0 Å². The van der Waals surface area contributed by atoms with E-state index in [9.17, 15) is 41.2 Å². The Balaban J connectivity index is 1.50. The molecule has 1 aliphatic rings. The van der Waals surface area contributed by atoms with Crippen molar-refractivity contribution >= 4 is 77.0 Å². The maximum atomic E-state index is 13.1. The third kappa shape index (κ3) is 6.53. The van der Waals surface area contributed by atoms with Crippen molar-refractivity contribution in [2.45, 2.75) is 22.8 Å². The molecule has 0 spiro atoms. The van der Waals surface area contributed by atoms with Crippen molar-refractivity contribution in [2.24, 2.45) is 25.6 Å². The monoisotopic (exact) mass is 697 g/mol. The highest BCUT2D eigenvalue weighted by molar-refractivity contribution is 7.86. The first-order valence-corrected chi connectivity index (χ1v) is 16.1. The number of phenols is 1. The SMILES string of the molecule is COc1cc(N)c(C)cc1N=Nc1c(S(=O)(=O)O)cc2cc(N=NC3C(=O)N(c4ccc(S(=O)(=O)O)cc4)N=C3C(=O)O)ccc2c1O. The summed E-state index contributed by atoms with van der Waals surface area (Å²) in [6.07, 6.45) is 0. The van der Waals surface area contributed by atoms with E-state index in [1.165, 1.54) is 37.4 Å². The van der Waals surface area contributed by atoms with Crippen LogP contribution in [0.15, 0.2) is 96.0 Å². The Labute approximate surface area is 271 Å². The number of carboxylic acid groups (broad SMARTS) is 1. The van der Waals surface area contributed by atoms with Crippen molar-refractivity contribution in [3.05, 3.63) is 66.2 Å². The number of rotatable bonds is 9. The zero-order valence-electron chi connectivity index (χ0n) is 24.6. The molecule has 0 saturated heterocycles. The summed E-state index contributed by atoms with van der Waals surface area (Å²) in [5.41, 5.74) is 5.72. The molecule has 0 aliphatic carbocycles. The number of nitrogens with two attached hydrogens (primary N) is 1. The first-order valence-electron chi connectivity index (χ1n) is 13.3. The van der Waals surface area contributed by atoms with Gasteiger partial charge in [-0.1, -0.05) is 0 Å². The number of methoxy groups -OCH3 is 1. The second kappa shape index (κ2) is 12.4. The van der Waals surface area contributed by atoms with Crippen molar-refractivity contribution in [3.8, 4) is 11.5 Å². The summed E-state index contributed by atoms with van der Waals surface area (Å²) in [5, 5.41) is 40.8. The van der Waals surface area contributed by atoms with Crippen LogP contribution in [0, 0.1) is 6.92 Å². The van der Waals surface area contributed by atoms with Gasteiger partial charge in [-0.3, -0.25) is 13.9 Å². The molecule has 5 rings (SSSR count). The Morgan fingerprint density at radius 3 is 2.25 bits per heavy atom. The van der Waals surface area contributed by atoms with Gasteiger partial charge >= 0.3 is 5.97 Å². The number of carbonyl (C=O) groups is 2. The lowest BCUT2D eigenvalue weighted by molar-refractivity contribution is -0.130. The van der Waals surface area contributed by atoms with E-state index in [-0.39, 0.29) is 33.6 Å². The number of hydrazone groups is 1. The predicted octanol–water partition coefficient (Wildman–Crippen LogP) is 4.29. The molecule has 48 heavy (non-hydrogen) atoms. The van der Waals surface area contributed by atoms with E-state index in [0.29, 0.717) is 16.3 Å². The molecule has 6 N–H and O–H groups in total. The average Bonchev–Trinajstić information content (AvgIpc) is 3.36. The first kappa shape index (κ1) is 33.5. The van der Waals surface area contributed by atoms with E-state index in [1.54, 1.807) is 6.92 Å². The molecule has 1 aliphatic heterocycles. The number of fused-ring (bicyclic) bond motifs is 1. The lowest BCUT2D eigenvalue weighted by Gasteiger charge is -2.12. The number of carbonyl (C=O) groups excluding carboxylic acids is 1. The minimum Gasteiger partial charge on any atom is -0.505 e. The van der Waals surface area contributed by atoms with Gasteiger partial charge in [0.25, 0.3) is 26.1 Å². The number of aromatic hydroxyl groups is 1. The van der Waals surface area contributed by atoms with Gasteiger partial charge in [-0.15, -0.1) is 10.2 Å². The number of anilines is 2. The van der Waals surface area contributed by atoms with Gasteiger partial charge in [-0.2, -0.15) is 37.2 Å². The summed E-state index contributed by atoms with van der Waals surface area (Å²) >= 11 is 0. The summed E-state index contributed by atoms with van der Waals surface area (Å²) in [6, 6.07) is 10.3. The number of benzene rings is 4. The Bertz CT molecular complexity index is 2320. The number of ether oxygens (including phenoxy) is 1. The van der Waals surface area contributed by atoms with Gasteiger partial charge in [0.2, 0.25) is 6.04 Å². The smallest absolute Gasteiger partial charge is 0.355 e. The van der Waals surface area contributed by atoms with Crippen LogP contribution in [-0.2, 0) is 29.8 Å². The van der Waals surface area contributed by atoms with Crippen LogP contribution in [0.25, 0.3) is 10.8 Å². The summed E-state index contributed by atoms with van der Waals surface area (Å²) in [4.78, 5) is 23.7. The Morgan fingerprint density at radius 2 is 1.65 bits per heavy atom. The maximum Gasteiger partial charge on any atom is 0.355 e. The van der Waals surface area contributed by atoms with E-state index in [4.69, 9.17) is 15.0 Å². The molecular formula is C28H23N7O11S2. The lowest BCUT2D eigenvalue weighted by atomic mass is 10.1. The van der Waals surface area contributed by atoms with E-state index >= 15 is 0 Å². The van der Waals surface area contributed by atoms with Crippen LogP contribution < -0.4 is 15.5 Å². The number of aryl methyl sites for hydroxylation is 1. The molecule has 1 atom stereocenters. The number of carboxylic acids is 1. The number of amides is 1. The molecule has 248 valence electrons. The van der Waals surface area contributed by atoms with Gasteiger partial charge in [0.15, 0.2) is 11.5 Å². The third-order valence-electron chi connectivity index (χ3n) is 6.93. The number of hydrogen-bond acceptors (Lipinski definition) is 14. The number of nitrogen functional groups attached to an aromatic ring is 1. The number of nitrogens with zero attached hydrogens (tertiary/aromatic N) is 6. The molecule has 0 fully saturated rings. The number of hydrogen-bond donors (Lipinski definition) is 5. The summed E-state index contributed by atoms with van der Waals surface area (Å²) < 4.78 is 71.7. The molecule has 4 aromatic rings. The van der Waals surface area contributed by atoms with Gasteiger partial charge in [0.05, 0.1) is 23.4 Å². The van der Waals surface area contributed by atoms with Crippen LogP contribution >= 0.6 is 0 Å². The molecule has 1 unspecified atom stereocenters. The Hall–Kier alpha value is -5.83. The quantitative estimate of drug-likeness (QED) is 0.0930. The summed E-state index contributed by atoms with van der Waals surface area (Å²) in [5.74, 6) is -3.01. The maximum absolute atomic E-state index is 13.1. The van der Waals surface area contributed by atoms with Crippen molar-refractivity contribution in [3.63, 3.8) is 0 Å². The van der Waals surface area contributed by atoms with Crippen LogP contribution in [0.1, 0.15) is 5.56 Å². The van der Waals surface area contributed by atoms with E-state index in [2.05, 4.69) is 25.6 Å². The molecular weight excluding hydrogens is 674 g/mol. The van der Waals surface area contributed by atoms with E-state index < -0.39 is 65.1 Å². The molecule has 4 aromatic carbocycles. The largest absolute Gasteiger partial charge is 0.505 e. The third-order valence-corrected chi connectivity index (χ3v) is 8.67. The van der Waals surface area contributed by atoms with E-state index in [0.717, 1.165) is 30.3 Å². The van der Waals surface area contributed by atoms with Gasteiger partial charge in [-0.25, -0.2) is 4.79 Å². The molecule has 1 amide bonds. The van der Waals surface area contributed by atoms with Crippen LogP contribution in [0.2, 0.25) is 0 Å². The highest BCUT2D eigenvalue weighted by atomic mass is 32.2. The fourth-order valence-corrected chi connectivity index (χ4v) is 5.64. The fourth-order valence-electron chi connectivity index (χ4n) is 4.51. The van der Waals surface area contributed by atoms with E-state index in [1.807, 2.05) is 0 Å². The Kier molecular flexibility index (Phi) is 8.67. The Morgan fingerprint density at radius 1 is 0.958 bits per heavy atom. The summed E-state index contributed by atoms with van der Waals surface area (Å²) in [7, 11) is -8.16. The van der Waals surface area contributed by atoms with Gasteiger partial charge < -0.3 is 20.7 Å². The normalized spacial score (nSPS) is 15.5. The van der Waals surface area contributed by atoms with Crippen LogP contribution in [0.3, 0.4) is 0 Å². The zero-order valence-corrected chi connectivity index (χ0v) is 26.2. The molecule has 0 aromatic heterocycles. The lowest BCUT2D eigenvalue weighted by Crippen LogP contribution is -2.33. The van der Waals surface area contributed by atoms with Crippen molar-refractivity contribution < 1.29 is 50.5 Å². The van der Waals surface area contributed by atoms with Crippen molar-refractivity contribution in [1.82, 2.24) is 0 Å². The molecule has 0 bridgehead atoms. The second-order valence-electron chi connectivity index (χ2n) is 10.1. The molecule has 0 radical (unpaired) electrons. The minimum atomic E-state index is -4.99. The van der Waals surface area contributed by atoms with Crippen LogP contribution in [0.5, 0.6) is 11.5 Å². The molecule has 1 heterocycles. The topological polar surface area (TPSA) is 284 Å². The van der Waals surface area contributed by atoms with Crippen molar-refractivity contribution in [1.29, 1.82) is 0 Å². The predicted molar refractivity (Wildman–Crippen MR) is 169 cm³/mol. The molecule has 0 saturated carbocycles. The average molecular weight is 698 g/mol. The van der Waals surface area contributed by atoms with Gasteiger partial charge in [0, 0.05) is 17.1 Å². The van der Waals surface area contributed by atoms with Crippen molar-refractivity contribution in [2.75, 3.05) is 17.9 Å². The van der Waals surface area contributed by atoms with Crippen LogP contribution in [0.4, 0.5) is 28.4 Å². The standard InChI is InChI=1S/C28H23N7O11S2/c1-13-9-20(21(46-2)12-19(13)29)31-32-23-22(48(43,44)45)11-14-10-15(3-8-18(14)26(23)36)30-33-24-25(28(38)39)34-35(27(24)37)16-4-6-17(7-5-16)47(40,41)42/h3-12,24,36H,29H2,1-2H3,(H,38,39)(H,40,41,42)(H,43,44,45). The zero-order chi connectivity index (χ0) is 35.1. The summed E-state index contributed by atoms with van der Waals surface area (Å²) in [6.45, 7) is 1.70. The minimum absolute atomic E-state index is 0.0202. The second-order valence-corrected chi connectivity index (χ2v) is 12.9. The van der Waals surface area contributed by atoms with Gasteiger partial charge in [-0.05, 0) is 72.5 Å². The molecule has 18 nitrogen and oxygen atoms in total.